The molecule has 2 heterocycles. The number of hydrogen-bond donors (Lipinski definition) is 1. The van der Waals surface area contributed by atoms with Crippen molar-refractivity contribution in [1.29, 1.82) is 5.26 Å². The van der Waals surface area contributed by atoms with Gasteiger partial charge in [-0.15, -0.1) is 0 Å². The van der Waals surface area contributed by atoms with Crippen LogP contribution in [-0.4, -0.2) is 15.6 Å². The van der Waals surface area contributed by atoms with E-state index in [1.807, 2.05) is 42.5 Å². The highest BCUT2D eigenvalue weighted by Crippen LogP contribution is 2.31. The smallest absolute Gasteiger partial charge is 0.157 e. The molecule has 0 saturated heterocycles. The molecule has 4 rings (SSSR count). The number of aromatic nitrogens is 2. The average Bonchev–Trinajstić information content (AvgIpc) is 3.09. The van der Waals surface area contributed by atoms with Crippen LogP contribution in [0, 0.1) is 24.1 Å². The second-order valence-corrected chi connectivity index (χ2v) is 6.96. The van der Waals surface area contributed by atoms with E-state index in [9.17, 15) is 9.65 Å². The number of nitrogens with one attached hydrogen (secondary N) is 1. The van der Waals surface area contributed by atoms with Crippen molar-refractivity contribution in [1.82, 2.24) is 9.38 Å². The Morgan fingerprint density at radius 2 is 2.07 bits per heavy atom. The van der Waals surface area contributed by atoms with E-state index in [0.717, 1.165) is 22.2 Å². The summed E-state index contributed by atoms with van der Waals surface area (Å²) < 4.78 is 15.9. The number of fused-ring (bicyclic) bond motifs is 3. The fourth-order valence-corrected chi connectivity index (χ4v) is 3.74. The van der Waals surface area contributed by atoms with Gasteiger partial charge in [-0.05, 0) is 48.7 Å². The highest BCUT2D eigenvalue weighted by atomic mass is 35.5. The zero-order chi connectivity index (χ0) is 20.5. The summed E-state index contributed by atoms with van der Waals surface area (Å²) in [6, 6.07) is 14.4. The molecule has 0 bridgehead atoms. The third-order valence-electron chi connectivity index (χ3n) is 4.95. The van der Waals surface area contributed by atoms with Gasteiger partial charge in [0.15, 0.2) is 5.65 Å². The van der Waals surface area contributed by atoms with Gasteiger partial charge < -0.3 is 0 Å². The summed E-state index contributed by atoms with van der Waals surface area (Å²) in [7, 11) is 0. The maximum atomic E-state index is 14.0. The molecule has 4 aromatic rings. The first-order valence-electron chi connectivity index (χ1n) is 9.12. The lowest BCUT2D eigenvalue weighted by Gasteiger charge is -2.15. The van der Waals surface area contributed by atoms with Crippen molar-refractivity contribution < 1.29 is 4.39 Å². The molecule has 0 fully saturated rings. The van der Waals surface area contributed by atoms with E-state index in [1.54, 1.807) is 12.1 Å². The van der Waals surface area contributed by atoms with Crippen LogP contribution >= 0.6 is 11.6 Å². The first-order chi connectivity index (χ1) is 14.1. The number of imidazole rings is 1. The molecule has 0 amide bonds. The van der Waals surface area contributed by atoms with Gasteiger partial charge in [0, 0.05) is 5.56 Å². The topological polar surface area (TPSA) is 65.5 Å². The Hall–Kier alpha value is -3.43. The molecule has 0 atom stereocenters. The first kappa shape index (κ1) is 18.9. The van der Waals surface area contributed by atoms with Crippen molar-refractivity contribution >= 4 is 40.3 Å². The predicted molar refractivity (Wildman–Crippen MR) is 114 cm³/mol. The van der Waals surface area contributed by atoms with Crippen LogP contribution in [0.15, 0.2) is 47.6 Å². The van der Waals surface area contributed by atoms with Gasteiger partial charge in [-0.25, -0.2) is 9.37 Å². The number of nitrogens with zero attached hydrogens (tertiary/aromatic N) is 4. The van der Waals surface area contributed by atoms with Gasteiger partial charge in [0.05, 0.1) is 27.8 Å². The Kier molecular flexibility index (Phi) is 4.91. The fraction of sp³-hybridized carbons (Fsp3) is 0.136. The van der Waals surface area contributed by atoms with Crippen LogP contribution < -0.4 is 5.43 Å². The molecule has 0 saturated carbocycles. The standard InChI is InChI=1S/C22H17ClFN5/c1-3-14-13(2)15(11-25)21-27-19-9-4-5-10-20(19)29(21)22(14)28-26-12-16-17(23)7-6-8-18(16)24/h4-10,12,28H,3H2,1-2H3. The van der Waals surface area contributed by atoms with Gasteiger partial charge in [-0.3, -0.25) is 9.83 Å². The molecule has 2 aromatic heterocycles. The molecule has 5 nitrogen and oxygen atoms in total. The highest BCUT2D eigenvalue weighted by Gasteiger charge is 2.19. The van der Waals surface area contributed by atoms with E-state index in [2.05, 4.69) is 21.6 Å². The maximum absolute atomic E-state index is 14.0. The van der Waals surface area contributed by atoms with E-state index >= 15 is 0 Å². The lowest BCUT2D eigenvalue weighted by molar-refractivity contribution is 0.626. The molecule has 2 aromatic carbocycles. The highest BCUT2D eigenvalue weighted by molar-refractivity contribution is 6.33. The van der Waals surface area contributed by atoms with Gasteiger partial charge in [-0.2, -0.15) is 10.4 Å². The molecular formula is C22H17ClFN5. The van der Waals surface area contributed by atoms with Crippen molar-refractivity contribution in [2.24, 2.45) is 5.10 Å². The molecule has 0 spiro atoms. The Balaban J connectivity index is 1.93. The molecule has 144 valence electrons. The molecule has 0 unspecified atom stereocenters. The van der Waals surface area contributed by atoms with Gasteiger partial charge in [0.25, 0.3) is 0 Å². The van der Waals surface area contributed by atoms with Crippen molar-refractivity contribution in [2.45, 2.75) is 20.3 Å². The molecule has 0 aliphatic carbocycles. The van der Waals surface area contributed by atoms with Crippen LogP contribution in [-0.2, 0) is 6.42 Å². The van der Waals surface area contributed by atoms with E-state index in [-0.39, 0.29) is 10.6 Å². The summed E-state index contributed by atoms with van der Waals surface area (Å²) in [6.07, 6.45) is 2.04. The van der Waals surface area contributed by atoms with Crippen LogP contribution in [0.1, 0.15) is 29.2 Å². The number of halogens is 2. The summed E-state index contributed by atoms with van der Waals surface area (Å²) >= 11 is 6.08. The lowest BCUT2D eigenvalue weighted by atomic mass is 10.0. The minimum atomic E-state index is -0.451. The SMILES string of the molecule is CCc1c(C)c(C#N)c2nc3ccccc3n2c1NN=Cc1c(F)cccc1Cl. The Labute approximate surface area is 172 Å². The molecular weight excluding hydrogens is 389 g/mol. The quantitative estimate of drug-likeness (QED) is 0.361. The Morgan fingerprint density at radius 3 is 2.79 bits per heavy atom. The number of pyridine rings is 1. The second kappa shape index (κ2) is 7.53. The van der Waals surface area contributed by atoms with Crippen molar-refractivity contribution in [3.8, 4) is 6.07 Å². The number of hydrogen-bond acceptors (Lipinski definition) is 4. The molecule has 1 N–H and O–H groups in total. The summed E-state index contributed by atoms with van der Waals surface area (Å²) in [6.45, 7) is 3.91. The molecule has 7 heteroatoms. The van der Waals surface area contributed by atoms with Crippen LogP contribution in [0.2, 0.25) is 5.02 Å². The molecule has 29 heavy (non-hydrogen) atoms. The van der Waals surface area contributed by atoms with Crippen molar-refractivity contribution in [3.63, 3.8) is 0 Å². The van der Waals surface area contributed by atoms with Crippen LogP contribution in [0.3, 0.4) is 0 Å². The molecule has 0 aliphatic heterocycles. The largest absolute Gasteiger partial charge is 0.276 e. The monoisotopic (exact) mass is 405 g/mol. The fourth-order valence-electron chi connectivity index (χ4n) is 3.53. The number of para-hydroxylation sites is 2. The number of benzene rings is 2. The van der Waals surface area contributed by atoms with Crippen LogP contribution in [0.5, 0.6) is 0 Å². The van der Waals surface area contributed by atoms with Gasteiger partial charge in [0.1, 0.15) is 17.7 Å². The van der Waals surface area contributed by atoms with Gasteiger partial charge >= 0.3 is 0 Å². The van der Waals surface area contributed by atoms with Gasteiger partial charge in [0.2, 0.25) is 0 Å². The van der Waals surface area contributed by atoms with Crippen molar-refractivity contribution in [2.75, 3.05) is 5.43 Å². The number of anilines is 1. The summed E-state index contributed by atoms with van der Waals surface area (Å²) in [5.41, 5.74) is 7.76. The van der Waals surface area contributed by atoms with Crippen LogP contribution in [0.25, 0.3) is 16.7 Å². The Bertz CT molecular complexity index is 1300. The average molecular weight is 406 g/mol. The molecule has 0 aliphatic rings. The van der Waals surface area contributed by atoms with E-state index in [4.69, 9.17) is 11.6 Å². The minimum Gasteiger partial charge on any atom is -0.276 e. The Morgan fingerprint density at radius 1 is 1.28 bits per heavy atom. The van der Waals surface area contributed by atoms with E-state index in [1.165, 1.54) is 12.3 Å². The van der Waals surface area contributed by atoms with E-state index in [0.29, 0.717) is 23.4 Å². The molecule has 0 radical (unpaired) electrons. The van der Waals surface area contributed by atoms with Crippen molar-refractivity contribution in [3.05, 3.63) is 75.6 Å². The summed E-state index contributed by atoms with van der Waals surface area (Å²) in [4.78, 5) is 4.64. The predicted octanol–water partition coefficient (Wildman–Crippen LogP) is 5.47. The number of rotatable bonds is 4. The third kappa shape index (κ3) is 3.10. The van der Waals surface area contributed by atoms with Gasteiger partial charge in [-0.1, -0.05) is 36.7 Å². The second-order valence-electron chi connectivity index (χ2n) is 6.56. The van der Waals surface area contributed by atoms with Crippen LogP contribution in [0.4, 0.5) is 10.2 Å². The number of nitriles is 1. The number of hydrazone groups is 1. The normalized spacial score (nSPS) is 11.4. The maximum Gasteiger partial charge on any atom is 0.157 e. The first-order valence-corrected chi connectivity index (χ1v) is 9.50. The summed E-state index contributed by atoms with van der Waals surface area (Å²) in [5.74, 6) is 0.240. The lowest BCUT2D eigenvalue weighted by Crippen LogP contribution is -2.07. The van der Waals surface area contributed by atoms with E-state index < -0.39 is 5.82 Å². The minimum absolute atomic E-state index is 0.205. The third-order valence-corrected chi connectivity index (χ3v) is 5.28. The zero-order valence-corrected chi connectivity index (χ0v) is 16.6. The summed E-state index contributed by atoms with van der Waals surface area (Å²) in [5, 5.41) is 14.3. The zero-order valence-electron chi connectivity index (χ0n) is 15.9.